The number of hydrogen-bond acceptors (Lipinski definition) is 7. The van der Waals surface area contributed by atoms with Crippen LogP contribution < -0.4 is 20.7 Å². The molecule has 0 aromatic heterocycles. The SMILES string of the molecule is COc1cccc(CNC(=O)/C2=C/C(C(=O)NCc3ccc(CCCC(=O)CN4CCNCC4)cc3)=C\CCC=N2)c1. The highest BCUT2D eigenvalue weighted by molar-refractivity contribution is 6.01. The number of benzene rings is 2. The zero-order chi connectivity index (χ0) is 29.6. The molecule has 0 saturated carbocycles. The van der Waals surface area contributed by atoms with Gasteiger partial charge < -0.3 is 20.7 Å². The van der Waals surface area contributed by atoms with Gasteiger partial charge in [-0.1, -0.05) is 42.5 Å². The maximum atomic E-state index is 13.0. The molecule has 0 bridgehead atoms. The standard InChI is InChI=1S/C33H41N5O4/c1-42-30-10-5-7-27(20-30)23-37-33(41)31-21-28(8-2-3-15-35-31)32(40)36-22-26-13-11-25(12-14-26)6-4-9-29(39)24-38-18-16-34-17-19-38/h5,7-8,10-15,20-21,34H,2-4,6,9,16-19,22-24H2,1H3,(H,36,40)(H,37,41)/b28-8+,31-21-,35-15?. The van der Waals surface area contributed by atoms with E-state index in [1.807, 2.05) is 42.5 Å². The molecule has 0 spiro atoms. The predicted octanol–water partition coefficient (Wildman–Crippen LogP) is 3.10. The van der Waals surface area contributed by atoms with Gasteiger partial charge in [0.25, 0.3) is 11.8 Å². The second-order valence-corrected chi connectivity index (χ2v) is 10.5. The van der Waals surface area contributed by atoms with Crippen LogP contribution in [0.3, 0.4) is 0 Å². The first kappa shape index (κ1) is 30.9. The van der Waals surface area contributed by atoms with Gasteiger partial charge in [0.2, 0.25) is 0 Å². The van der Waals surface area contributed by atoms with Crippen LogP contribution in [0.25, 0.3) is 0 Å². The van der Waals surface area contributed by atoms with Crippen LogP contribution >= 0.6 is 0 Å². The average molecular weight is 572 g/mol. The molecular weight excluding hydrogens is 530 g/mol. The monoisotopic (exact) mass is 571 g/mol. The number of carbonyl (C=O) groups excluding carboxylic acids is 3. The number of amides is 2. The lowest BCUT2D eigenvalue weighted by Gasteiger charge is -2.26. The van der Waals surface area contributed by atoms with E-state index in [0.717, 1.165) is 55.9 Å². The molecule has 3 N–H and O–H groups in total. The maximum absolute atomic E-state index is 13.0. The van der Waals surface area contributed by atoms with E-state index in [0.29, 0.717) is 50.3 Å². The van der Waals surface area contributed by atoms with Crippen LogP contribution in [0, 0.1) is 0 Å². The molecule has 2 aromatic rings. The molecule has 1 fully saturated rings. The van der Waals surface area contributed by atoms with E-state index in [1.165, 1.54) is 5.56 Å². The summed E-state index contributed by atoms with van der Waals surface area (Å²) < 4.78 is 5.24. The van der Waals surface area contributed by atoms with Gasteiger partial charge >= 0.3 is 0 Å². The minimum atomic E-state index is -0.351. The van der Waals surface area contributed by atoms with E-state index >= 15 is 0 Å². The summed E-state index contributed by atoms with van der Waals surface area (Å²) in [7, 11) is 1.60. The normalized spacial score (nSPS) is 18.0. The van der Waals surface area contributed by atoms with Gasteiger partial charge in [-0.25, -0.2) is 0 Å². The molecule has 0 aliphatic carbocycles. The number of nitrogens with one attached hydrogen (secondary N) is 3. The number of allylic oxidation sites excluding steroid dienone is 1. The molecule has 4 rings (SSSR count). The number of methoxy groups -OCH3 is 1. The van der Waals surface area contributed by atoms with Crippen LogP contribution in [-0.4, -0.2) is 68.5 Å². The van der Waals surface area contributed by atoms with Gasteiger partial charge in [0, 0.05) is 57.5 Å². The molecule has 9 nitrogen and oxygen atoms in total. The third-order valence-electron chi connectivity index (χ3n) is 7.27. The van der Waals surface area contributed by atoms with Crippen LogP contribution in [0.2, 0.25) is 0 Å². The van der Waals surface area contributed by atoms with Crippen molar-refractivity contribution in [3.63, 3.8) is 0 Å². The number of nitrogens with zero attached hydrogens (tertiary/aromatic N) is 2. The summed E-state index contributed by atoms with van der Waals surface area (Å²) in [5.41, 5.74) is 3.66. The lowest BCUT2D eigenvalue weighted by atomic mass is 10.0. The summed E-state index contributed by atoms with van der Waals surface area (Å²) >= 11 is 0. The third kappa shape index (κ3) is 10.1. The Kier molecular flexibility index (Phi) is 12.0. The summed E-state index contributed by atoms with van der Waals surface area (Å²) in [4.78, 5) is 44.7. The number of ketones is 1. The lowest BCUT2D eigenvalue weighted by Crippen LogP contribution is -2.45. The number of aryl methyl sites for hydroxylation is 1. The number of rotatable bonds is 13. The van der Waals surface area contributed by atoms with Gasteiger partial charge in [-0.15, -0.1) is 0 Å². The van der Waals surface area contributed by atoms with E-state index < -0.39 is 0 Å². The van der Waals surface area contributed by atoms with E-state index in [1.54, 1.807) is 19.4 Å². The van der Waals surface area contributed by atoms with Gasteiger partial charge in [-0.2, -0.15) is 0 Å². The Hall–Kier alpha value is -4.08. The summed E-state index contributed by atoms with van der Waals surface area (Å²) in [6.45, 7) is 5.01. The first-order chi connectivity index (χ1) is 20.5. The van der Waals surface area contributed by atoms with Crippen molar-refractivity contribution in [1.29, 1.82) is 0 Å². The molecule has 2 aliphatic rings. The van der Waals surface area contributed by atoms with Crippen LogP contribution in [0.15, 0.2) is 76.9 Å². The van der Waals surface area contributed by atoms with Gasteiger partial charge in [-0.3, -0.25) is 24.3 Å². The van der Waals surface area contributed by atoms with E-state index in [4.69, 9.17) is 4.74 Å². The van der Waals surface area contributed by atoms with Crippen molar-refractivity contribution in [3.05, 3.63) is 88.6 Å². The minimum Gasteiger partial charge on any atom is -0.497 e. The number of hydrogen-bond donors (Lipinski definition) is 3. The van der Waals surface area contributed by atoms with Crippen molar-refractivity contribution >= 4 is 23.8 Å². The summed E-state index contributed by atoms with van der Waals surface area (Å²) in [5.74, 6) is 0.416. The van der Waals surface area contributed by atoms with Gasteiger partial charge in [-0.05, 0) is 60.6 Å². The van der Waals surface area contributed by atoms with Gasteiger partial charge in [0.1, 0.15) is 17.2 Å². The fourth-order valence-electron chi connectivity index (χ4n) is 4.85. The van der Waals surface area contributed by atoms with E-state index in [2.05, 4.69) is 38.0 Å². The van der Waals surface area contributed by atoms with Crippen molar-refractivity contribution in [1.82, 2.24) is 20.9 Å². The molecule has 9 heteroatoms. The topological polar surface area (TPSA) is 112 Å². The third-order valence-corrected chi connectivity index (χ3v) is 7.27. The fraction of sp³-hybridized carbons (Fsp3) is 0.394. The molecule has 0 atom stereocenters. The number of carbonyl (C=O) groups is 3. The molecule has 2 heterocycles. The molecule has 0 radical (unpaired) electrons. The zero-order valence-electron chi connectivity index (χ0n) is 24.4. The lowest BCUT2D eigenvalue weighted by molar-refractivity contribution is -0.120. The highest BCUT2D eigenvalue weighted by Gasteiger charge is 2.15. The van der Waals surface area contributed by atoms with Crippen molar-refractivity contribution in [3.8, 4) is 5.75 Å². The summed E-state index contributed by atoms with van der Waals surface area (Å²) in [5, 5.41) is 9.14. The van der Waals surface area contributed by atoms with Crippen LogP contribution in [0.1, 0.15) is 42.4 Å². The van der Waals surface area contributed by atoms with Crippen molar-refractivity contribution < 1.29 is 19.1 Å². The van der Waals surface area contributed by atoms with Gasteiger partial charge in [0.05, 0.1) is 13.7 Å². The van der Waals surface area contributed by atoms with Crippen molar-refractivity contribution in [2.24, 2.45) is 4.99 Å². The summed E-state index contributed by atoms with van der Waals surface area (Å²) in [6, 6.07) is 15.6. The highest BCUT2D eigenvalue weighted by Crippen LogP contribution is 2.15. The van der Waals surface area contributed by atoms with Crippen LogP contribution in [-0.2, 0) is 33.9 Å². The molecule has 0 unspecified atom stereocenters. The molecule has 42 heavy (non-hydrogen) atoms. The Morgan fingerprint density at radius 2 is 1.67 bits per heavy atom. The van der Waals surface area contributed by atoms with Crippen molar-refractivity contribution in [2.75, 3.05) is 39.8 Å². The van der Waals surface area contributed by atoms with Crippen LogP contribution in [0.5, 0.6) is 5.75 Å². The Balaban J connectivity index is 1.23. The zero-order valence-corrected chi connectivity index (χ0v) is 24.4. The average Bonchev–Trinajstić information content (AvgIpc) is 3.00. The Labute approximate surface area is 248 Å². The minimum absolute atomic E-state index is 0.190. The molecule has 2 amide bonds. The summed E-state index contributed by atoms with van der Waals surface area (Å²) in [6.07, 6.45) is 8.65. The molecule has 2 aliphatic heterocycles. The van der Waals surface area contributed by atoms with E-state index in [-0.39, 0.29) is 17.5 Å². The number of ether oxygens (including phenoxy) is 1. The largest absolute Gasteiger partial charge is 0.497 e. The highest BCUT2D eigenvalue weighted by atomic mass is 16.5. The van der Waals surface area contributed by atoms with E-state index in [9.17, 15) is 14.4 Å². The number of aliphatic imine (C=N–C) groups is 1. The Bertz CT molecular complexity index is 1310. The predicted molar refractivity (Wildman–Crippen MR) is 164 cm³/mol. The maximum Gasteiger partial charge on any atom is 0.270 e. The van der Waals surface area contributed by atoms with Crippen molar-refractivity contribution in [2.45, 2.75) is 45.2 Å². The molecule has 1 saturated heterocycles. The molecule has 2 aromatic carbocycles. The quantitative estimate of drug-likeness (QED) is 0.341. The first-order valence-corrected chi connectivity index (χ1v) is 14.7. The number of piperazine rings is 1. The fourth-order valence-corrected chi connectivity index (χ4v) is 4.85. The second-order valence-electron chi connectivity index (χ2n) is 10.5. The smallest absolute Gasteiger partial charge is 0.270 e. The second kappa shape index (κ2) is 16.4. The molecule has 222 valence electrons. The molecular formula is C33H41N5O4. The first-order valence-electron chi connectivity index (χ1n) is 14.7. The van der Waals surface area contributed by atoms with Gasteiger partial charge in [0.15, 0.2) is 0 Å². The Morgan fingerprint density at radius 1 is 0.929 bits per heavy atom. The number of Topliss-reactive ketones (excluding diaryl/α,β-unsaturated/α-hetero) is 1. The Morgan fingerprint density at radius 3 is 2.45 bits per heavy atom. The van der Waals surface area contributed by atoms with Crippen LogP contribution in [0.4, 0.5) is 0 Å².